The molecule has 1 amide bonds. The zero-order chi connectivity index (χ0) is 12.7. The first kappa shape index (κ1) is 13.4. The molecule has 0 aliphatic carbocycles. The van der Waals surface area contributed by atoms with Crippen molar-refractivity contribution >= 4 is 11.8 Å². The normalized spacial score (nSPS) is 12.0. The highest BCUT2D eigenvalue weighted by atomic mass is 16.5. The van der Waals surface area contributed by atoms with E-state index >= 15 is 0 Å². The van der Waals surface area contributed by atoms with Gasteiger partial charge in [-0.05, 0) is 18.1 Å². The molecule has 4 heteroatoms. The molecule has 0 heterocycles. The minimum absolute atomic E-state index is 0.0441. The van der Waals surface area contributed by atoms with Crippen molar-refractivity contribution in [2.24, 2.45) is 5.92 Å². The van der Waals surface area contributed by atoms with Gasteiger partial charge in [0.2, 0.25) is 0 Å². The van der Waals surface area contributed by atoms with Crippen molar-refractivity contribution in [1.82, 2.24) is 5.32 Å². The molecule has 0 aliphatic heterocycles. The molecule has 94 valence electrons. The SMILES string of the molecule is COC(=O)NC(CNc1ccccc1)C(C)C. The summed E-state index contributed by atoms with van der Waals surface area (Å²) in [5, 5.41) is 6.10. The third-order valence-corrected chi connectivity index (χ3v) is 2.59. The standard InChI is InChI=1S/C13H20N2O2/c1-10(2)12(15-13(16)17-3)9-14-11-7-5-4-6-8-11/h4-8,10,12,14H,9H2,1-3H3,(H,15,16). The van der Waals surface area contributed by atoms with E-state index < -0.39 is 6.09 Å². The minimum Gasteiger partial charge on any atom is -0.453 e. The van der Waals surface area contributed by atoms with Gasteiger partial charge in [0.25, 0.3) is 0 Å². The zero-order valence-corrected chi connectivity index (χ0v) is 10.6. The number of hydrogen-bond acceptors (Lipinski definition) is 3. The van der Waals surface area contributed by atoms with E-state index in [0.29, 0.717) is 12.5 Å². The predicted molar refractivity (Wildman–Crippen MR) is 69.1 cm³/mol. The molecule has 0 bridgehead atoms. The Morgan fingerprint density at radius 1 is 1.29 bits per heavy atom. The van der Waals surface area contributed by atoms with Gasteiger partial charge in [0.05, 0.1) is 13.2 Å². The summed E-state index contributed by atoms with van der Waals surface area (Å²) in [5.41, 5.74) is 1.05. The van der Waals surface area contributed by atoms with Crippen molar-refractivity contribution in [3.05, 3.63) is 30.3 Å². The first-order valence-corrected chi connectivity index (χ1v) is 5.77. The lowest BCUT2D eigenvalue weighted by atomic mass is 10.0. The summed E-state index contributed by atoms with van der Waals surface area (Å²) in [7, 11) is 1.37. The maximum Gasteiger partial charge on any atom is 0.407 e. The summed E-state index contributed by atoms with van der Waals surface area (Å²) in [5.74, 6) is 0.338. The topological polar surface area (TPSA) is 50.4 Å². The van der Waals surface area contributed by atoms with E-state index in [2.05, 4.69) is 29.2 Å². The number of hydrogen-bond donors (Lipinski definition) is 2. The summed E-state index contributed by atoms with van der Waals surface area (Å²) in [6, 6.07) is 9.95. The van der Waals surface area contributed by atoms with Gasteiger partial charge < -0.3 is 15.4 Å². The fourth-order valence-electron chi connectivity index (χ4n) is 1.45. The molecule has 0 saturated carbocycles. The van der Waals surface area contributed by atoms with Crippen LogP contribution in [0.25, 0.3) is 0 Å². The minimum atomic E-state index is -0.390. The van der Waals surface area contributed by atoms with Crippen molar-refractivity contribution in [3.63, 3.8) is 0 Å². The quantitative estimate of drug-likeness (QED) is 0.825. The first-order chi connectivity index (χ1) is 8.13. The molecular weight excluding hydrogens is 216 g/mol. The van der Waals surface area contributed by atoms with Crippen molar-refractivity contribution < 1.29 is 9.53 Å². The number of anilines is 1. The summed E-state index contributed by atoms with van der Waals surface area (Å²) < 4.78 is 4.61. The van der Waals surface area contributed by atoms with Gasteiger partial charge in [-0.3, -0.25) is 0 Å². The number of ether oxygens (including phenoxy) is 1. The molecule has 1 aromatic carbocycles. The van der Waals surface area contributed by atoms with Crippen molar-refractivity contribution in [1.29, 1.82) is 0 Å². The van der Waals surface area contributed by atoms with E-state index in [1.807, 2.05) is 30.3 Å². The average molecular weight is 236 g/mol. The lowest BCUT2D eigenvalue weighted by molar-refractivity contribution is 0.164. The molecule has 0 saturated heterocycles. The summed E-state index contributed by atoms with van der Waals surface area (Å²) in [6.07, 6.45) is -0.390. The second kappa shape index (κ2) is 6.78. The fourth-order valence-corrected chi connectivity index (χ4v) is 1.45. The summed E-state index contributed by atoms with van der Waals surface area (Å²) in [6.45, 7) is 4.80. The first-order valence-electron chi connectivity index (χ1n) is 5.77. The molecule has 1 unspecified atom stereocenters. The lowest BCUT2D eigenvalue weighted by Gasteiger charge is -2.22. The number of nitrogens with one attached hydrogen (secondary N) is 2. The van der Waals surface area contributed by atoms with Crippen molar-refractivity contribution in [2.75, 3.05) is 19.0 Å². The number of benzene rings is 1. The number of amides is 1. The molecule has 1 rings (SSSR count). The van der Waals surface area contributed by atoms with Crippen molar-refractivity contribution in [3.8, 4) is 0 Å². The van der Waals surface area contributed by atoms with Gasteiger partial charge in [0.1, 0.15) is 0 Å². The molecule has 0 spiro atoms. The second-order valence-corrected chi connectivity index (χ2v) is 4.23. The Morgan fingerprint density at radius 2 is 1.94 bits per heavy atom. The maximum absolute atomic E-state index is 11.2. The van der Waals surface area contributed by atoms with Crippen LogP contribution < -0.4 is 10.6 Å². The van der Waals surface area contributed by atoms with Crippen LogP contribution in [0.15, 0.2) is 30.3 Å². The molecule has 2 N–H and O–H groups in total. The summed E-state index contributed by atoms with van der Waals surface area (Å²) in [4.78, 5) is 11.2. The van der Waals surface area contributed by atoms with Crippen LogP contribution in [0.5, 0.6) is 0 Å². The van der Waals surface area contributed by atoms with Crippen LogP contribution in [0.3, 0.4) is 0 Å². The van der Waals surface area contributed by atoms with Crippen LogP contribution in [0.2, 0.25) is 0 Å². The van der Waals surface area contributed by atoms with E-state index in [1.54, 1.807) is 0 Å². The number of methoxy groups -OCH3 is 1. The number of carbonyl (C=O) groups is 1. The maximum atomic E-state index is 11.2. The van der Waals surface area contributed by atoms with Crippen molar-refractivity contribution in [2.45, 2.75) is 19.9 Å². The van der Waals surface area contributed by atoms with E-state index in [0.717, 1.165) is 5.69 Å². The molecule has 0 aliphatic rings. The van der Waals surface area contributed by atoms with Gasteiger partial charge in [0, 0.05) is 12.2 Å². The lowest BCUT2D eigenvalue weighted by Crippen LogP contribution is -2.43. The van der Waals surface area contributed by atoms with E-state index in [9.17, 15) is 4.79 Å². The van der Waals surface area contributed by atoms with Crippen LogP contribution in [-0.2, 0) is 4.74 Å². The predicted octanol–water partition coefficient (Wildman–Crippen LogP) is 2.48. The molecule has 1 aromatic rings. The Bertz CT molecular complexity index is 339. The Hall–Kier alpha value is -1.71. The van der Waals surface area contributed by atoms with Gasteiger partial charge in [-0.2, -0.15) is 0 Å². The number of para-hydroxylation sites is 1. The largest absolute Gasteiger partial charge is 0.453 e. The smallest absolute Gasteiger partial charge is 0.407 e. The monoisotopic (exact) mass is 236 g/mol. The van der Waals surface area contributed by atoms with Gasteiger partial charge in [0.15, 0.2) is 0 Å². The molecule has 4 nitrogen and oxygen atoms in total. The highest BCUT2D eigenvalue weighted by molar-refractivity contribution is 5.67. The molecule has 1 atom stereocenters. The van der Waals surface area contributed by atoms with Gasteiger partial charge >= 0.3 is 6.09 Å². The molecular formula is C13H20N2O2. The van der Waals surface area contributed by atoms with E-state index in [1.165, 1.54) is 7.11 Å². The Balaban J connectivity index is 2.47. The zero-order valence-electron chi connectivity index (χ0n) is 10.6. The fraction of sp³-hybridized carbons (Fsp3) is 0.462. The molecule has 17 heavy (non-hydrogen) atoms. The number of rotatable bonds is 5. The van der Waals surface area contributed by atoms with Crippen LogP contribution in [0.4, 0.5) is 10.5 Å². The average Bonchev–Trinajstić information content (AvgIpc) is 2.35. The van der Waals surface area contributed by atoms with Gasteiger partial charge in [-0.1, -0.05) is 32.0 Å². The molecule has 0 fully saturated rings. The van der Waals surface area contributed by atoms with E-state index in [-0.39, 0.29) is 6.04 Å². The highest BCUT2D eigenvalue weighted by Gasteiger charge is 2.15. The Kier molecular flexibility index (Phi) is 5.33. The Morgan fingerprint density at radius 3 is 2.47 bits per heavy atom. The number of alkyl carbamates (subject to hydrolysis) is 1. The second-order valence-electron chi connectivity index (χ2n) is 4.23. The van der Waals surface area contributed by atoms with Gasteiger partial charge in [-0.15, -0.1) is 0 Å². The van der Waals surface area contributed by atoms with E-state index in [4.69, 9.17) is 0 Å². The van der Waals surface area contributed by atoms with Crippen LogP contribution in [-0.4, -0.2) is 25.8 Å². The van der Waals surface area contributed by atoms with Crippen LogP contribution in [0.1, 0.15) is 13.8 Å². The van der Waals surface area contributed by atoms with Gasteiger partial charge in [-0.25, -0.2) is 4.79 Å². The molecule has 0 radical (unpaired) electrons. The highest BCUT2D eigenvalue weighted by Crippen LogP contribution is 2.07. The van der Waals surface area contributed by atoms with Crippen LogP contribution in [0, 0.1) is 5.92 Å². The Labute approximate surface area is 102 Å². The third-order valence-electron chi connectivity index (χ3n) is 2.59. The number of carbonyl (C=O) groups excluding carboxylic acids is 1. The van der Waals surface area contributed by atoms with Crippen LogP contribution >= 0.6 is 0 Å². The summed E-state index contributed by atoms with van der Waals surface area (Å²) >= 11 is 0. The third kappa shape index (κ3) is 4.76. The molecule has 0 aromatic heterocycles.